The van der Waals surface area contributed by atoms with E-state index in [2.05, 4.69) is 4.98 Å². The summed E-state index contributed by atoms with van der Waals surface area (Å²) in [6, 6.07) is 16.2. The molecule has 30 heavy (non-hydrogen) atoms. The second-order valence-corrected chi connectivity index (χ2v) is 8.57. The Hall–Kier alpha value is -3.65. The molecule has 0 saturated heterocycles. The number of likely N-dealkylation sites (N-methyl/N-ethyl adjacent to an activating group) is 1. The lowest BCUT2D eigenvalue weighted by molar-refractivity contribution is 0.101. The van der Waals surface area contributed by atoms with Crippen molar-refractivity contribution in [2.45, 2.75) is 4.90 Å². The molecule has 1 N–H and O–H groups in total. The topological polar surface area (TPSA) is 96.8 Å². The first-order valence-corrected chi connectivity index (χ1v) is 10.5. The van der Waals surface area contributed by atoms with Gasteiger partial charge in [0, 0.05) is 29.9 Å². The van der Waals surface area contributed by atoms with Crippen molar-refractivity contribution in [3.05, 3.63) is 83.7 Å². The summed E-state index contributed by atoms with van der Waals surface area (Å²) in [6.07, 6.45) is 1.60. The van der Waals surface area contributed by atoms with Crippen molar-refractivity contribution in [1.29, 1.82) is 0 Å². The van der Waals surface area contributed by atoms with Gasteiger partial charge in [-0.15, -0.1) is 0 Å². The van der Waals surface area contributed by atoms with E-state index in [-0.39, 0.29) is 27.5 Å². The summed E-state index contributed by atoms with van der Waals surface area (Å²) in [6.45, 7) is 0. The predicted molar refractivity (Wildman–Crippen MR) is 111 cm³/mol. The second kappa shape index (κ2) is 7.31. The minimum atomic E-state index is -3.96. The van der Waals surface area contributed by atoms with Crippen LogP contribution in [0, 0.1) is 0 Å². The Morgan fingerprint density at radius 3 is 2.53 bits per heavy atom. The number of aliphatic hydroxyl groups excluding tert-OH is 1. The average molecular weight is 422 g/mol. The number of carbonyl (C=O) groups excluding carboxylic acids is 1. The smallest absolute Gasteiger partial charge is 0.265 e. The molecule has 1 aromatic heterocycles. The Kier molecular flexibility index (Phi) is 4.79. The minimum Gasteiger partial charge on any atom is -0.505 e. The molecule has 3 aromatic rings. The van der Waals surface area contributed by atoms with Gasteiger partial charge in [-0.1, -0.05) is 30.3 Å². The van der Waals surface area contributed by atoms with Crippen LogP contribution in [0.4, 0.5) is 0 Å². The summed E-state index contributed by atoms with van der Waals surface area (Å²) in [5, 5.41) is 10.7. The first-order valence-electron chi connectivity index (χ1n) is 9.02. The van der Waals surface area contributed by atoms with E-state index in [0.29, 0.717) is 17.0 Å². The van der Waals surface area contributed by atoms with Gasteiger partial charge in [0.1, 0.15) is 5.70 Å². The number of benzene rings is 2. The van der Waals surface area contributed by atoms with E-state index >= 15 is 0 Å². The first kappa shape index (κ1) is 19.7. The molecule has 0 fully saturated rings. The molecule has 2 heterocycles. The Bertz CT molecular complexity index is 1300. The number of hydrogen-bond acceptors (Lipinski definition) is 6. The number of fused-ring (bicyclic) bond motifs is 1. The molecule has 1 aliphatic rings. The number of Topliss-reactive ketones (excluding diaryl/α,β-unsaturated/α-hetero) is 1. The van der Waals surface area contributed by atoms with Crippen LogP contribution in [0.25, 0.3) is 16.9 Å². The molecule has 1 aliphatic heterocycles. The zero-order valence-corrected chi connectivity index (χ0v) is 17.1. The Morgan fingerprint density at radius 2 is 1.77 bits per heavy atom. The average Bonchev–Trinajstić information content (AvgIpc) is 2.78. The van der Waals surface area contributed by atoms with Gasteiger partial charge >= 0.3 is 0 Å². The molecule has 0 radical (unpaired) electrons. The third-order valence-corrected chi connectivity index (χ3v) is 6.75. The summed E-state index contributed by atoms with van der Waals surface area (Å²) < 4.78 is 31.9. The van der Waals surface area contributed by atoms with Gasteiger partial charge in [0.2, 0.25) is 11.7 Å². The molecule has 7 nitrogen and oxygen atoms in total. The number of ether oxygens (including phenoxy) is 1. The lowest BCUT2D eigenvalue weighted by Gasteiger charge is -2.28. The summed E-state index contributed by atoms with van der Waals surface area (Å²) in [5.74, 6) is -0.592. The molecule has 152 valence electrons. The maximum absolute atomic E-state index is 13.3. The second-order valence-electron chi connectivity index (χ2n) is 6.64. The highest BCUT2D eigenvalue weighted by atomic mass is 32.2. The van der Waals surface area contributed by atoms with Crippen molar-refractivity contribution in [2.75, 3.05) is 14.2 Å². The third kappa shape index (κ3) is 3.02. The fourth-order valence-corrected chi connectivity index (χ4v) is 4.82. The van der Waals surface area contributed by atoms with E-state index in [4.69, 9.17) is 4.74 Å². The van der Waals surface area contributed by atoms with Crippen molar-refractivity contribution in [3.8, 4) is 17.0 Å². The van der Waals surface area contributed by atoms with Gasteiger partial charge in [-0.05, 0) is 35.9 Å². The van der Waals surface area contributed by atoms with Crippen LogP contribution in [-0.2, 0) is 10.0 Å². The van der Waals surface area contributed by atoms with E-state index in [9.17, 15) is 18.3 Å². The molecule has 0 atom stereocenters. The van der Waals surface area contributed by atoms with Crippen molar-refractivity contribution in [3.63, 3.8) is 0 Å². The molecule has 4 rings (SSSR count). The molecule has 8 heteroatoms. The van der Waals surface area contributed by atoms with Gasteiger partial charge in [-0.2, -0.15) is 0 Å². The SMILES string of the molecule is COc1ncccc1-c1cccc(C(=O)C2=C(O)c3ccccc3S(=O)(=O)N2C)c1. The highest BCUT2D eigenvalue weighted by Gasteiger charge is 2.37. The van der Waals surface area contributed by atoms with E-state index < -0.39 is 15.8 Å². The number of nitrogens with zero attached hydrogens (tertiary/aromatic N) is 2. The Labute approximate surface area is 173 Å². The fourth-order valence-electron chi connectivity index (χ4n) is 3.42. The number of carbonyl (C=O) groups is 1. The number of ketones is 1. The van der Waals surface area contributed by atoms with Gasteiger partial charge in [0.25, 0.3) is 10.0 Å². The zero-order valence-electron chi connectivity index (χ0n) is 16.2. The number of aliphatic hydroxyl groups is 1. The number of aromatic nitrogens is 1. The highest BCUT2D eigenvalue weighted by molar-refractivity contribution is 7.89. The summed E-state index contributed by atoms with van der Waals surface area (Å²) in [5.41, 5.74) is 1.38. The monoisotopic (exact) mass is 422 g/mol. The normalized spacial score (nSPS) is 14.9. The Balaban J connectivity index is 1.84. The molecule has 0 saturated carbocycles. The summed E-state index contributed by atoms with van der Waals surface area (Å²) >= 11 is 0. The molecular weight excluding hydrogens is 404 g/mol. The zero-order chi connectivity index (χ0) is 21.5. The van der Waals surface area contributed by atoms with Gasteiger partial charge in [-0.3, -0.25) is 9.10 Å². The molecule has 0 bridgehead atoms. The summed E-state index contributed by atoms with van der Waals surface area (Å²) in [4.78, 5) is 17.4. The van der Waals surface area contributed by atoms with Crippen LogP contribution in [0.5, 0.6) is 5.88 Å². The van der Waals surface area contributed by atoms with E-state index in [0.717, 1.165) is 4.31 Å². The van der Waals surface area contributed by atoms with Crippen molar-refractivity contribution in [2.24, 2.45) is 0 Å². The number of sulfonamides is 1. The number of allylic oxidation sites excluding steroid dienone is 1. The molecule has 2 aromatic carbocycles. The number of rotatable bonds is 4. The quantitative estimate of drug-likeness (QED) is 0.647. The summed E-state index contributed by atoms with van der Waals surface area (Å²) in [7, 11) is -1.21. The van der Waals surface area contributed by atoms with Gasteiger partial charge in [0.15, 0.2) is 5.76 Å². The maximum Gasteiger partial charge on any atom is 0.265 e. The molecular formula is C22H18N2O5S. The number of pyridine rings is 1. The van der Waals surface area contributed by atoms with Crippen LogP contribution >= 0.6 is 0 Å². The Morgan fingerprint density at radius 1 is 1.03 bits per heavy atom. The van der Waals surface area contributed by atoms with Crippen molar-refractivity contribution < 1.29 is 23.1 Å². The standard InChI is InChI=1S/C22H18N2O5S/c1-24-19(21(26)17-9-3-4-11-18(17)30(24,27)28)20(25)15-8-5-7-14(13-15)16-10-6-12-23-22(16)29-2/h3-13,26H,1-2H3. The third-order valence-electron chi connectivity index (χ3n) is 4.94. The van der Waals surface area contributed by atoms with Crippen molar-refractivity contribution >= 4 is 21.6 Å². The molecule has 0 unspecified atom stereocenters. The molecule has 0 spiro atoms. The highest BCUT2D eigenvalue weighted by Crippen LogP contribution is 2.36. The van der Waals surface area contributed by atoms with Crippen LogP contribution in [-0.4, -0.2) is 42.8 Å². The van der Waals surface area contributed by atoms with Gasteiger partial charge in [0.05, 0.1) is 12.0 Å². The lowest BCUT2D eigenvalue weighted by atomic mass is 9.99. The molecule has 0 amide bonds. The fraction of sp³-hybridized carbons (Fsp3) is 0.0909. The van der Waals surface area contributed by atoms with Crippen LogP contribution in [0.1, 0.15) is 15.9 Å². The van der Waals surface area contributed by atoms with E-state index in [1.54, 1.807) is 54.7 Å². The van der Waals surface area contributed by atoms with E-state index in [1.807, 2.05) is 0 Å². The van der Waals surface area contributed by atoms with Gasteiger partial charge < -0.3 is 9.84 Å². The minimum absolute atomic E-state index is 0.0459. The van der Waals surface area contributed by atoms with Crippen LogP contribution in [0.2, 0.25) is 0 Å². The van der Waals surface area contributed by atoms with Crippen LogP contribution in [0.15, 0.2) is 77.5 Å². The van der Waals surface area contributed by atoms with Crippen LogP contribution in [0.3, 0.4) is 0 Å². The number of methoxy groups -OCH3 is 1. The van der Waals surface area contributed by atoms with E-state index in [1.165, 1.54) is 26.3 Å². The lowest BCUT2D eigenvalue weighted by Crippen LogP contribution is -2.35. The number of hydrogen-bond donors (Lipinski definition) is 1. The maximum atomic E-state index is 13.3. The predicted octanol–water partition coefficient (Wildman–Crippen LogP) is 3.50. The van der Waals surface area contributed by atoms with Crippen LogP contribution < -0.4 is 4.74 Å². The van der Waals surface area contributed by atoms with Crippen molar-refractivity contribution in [1.82, 2.24) is 9.29 Å². The first-order chi connectivity index (χ1) is 14.4. The largest absolute Gasteiger partial charge is 0.505 e. The van der Waals surface area contributed by atoms with Gasteiger partial charge in [-0.25, -0.2) is 13.4 Å². The molecule has 0 aliphatic carbocycles.